The van der Waals surface area contributed by atoms with Gasteiger partial charge in [-0.2, -0.15) is 9.61 Å². The van der Waals surface area contributed by atoms with E-state index in [-0.39, 0.29) is 0 Å². The fraction of sp³-hybridized carbons (Fsp3) is 0.308. The Labute approximate surface area is 115 Å². The van der Waals surface area contributed by atoms with Crippen LogP contribution in [-0.2, 0) is 0 Å². The summed E-state index contributed by atoms with van der Waals surface area (Å²) in [7, 11) is 0. The highest BCUT2D eigenvalue weighted by molar-refractivity contribution is 7.19. The van der Waals surface area contributed by atoms with Crippen molar-refractivity contribution in [2.75, 3.05) is 5.73 Å². The SMILES string of the molecule is Cc1c(N)cccc1-c1nn2c(C(C)C)nnc2s1. The van der Waals surface area contributed by atoms with Crippen molar-refractivity contribution in [3.05, 3.63) is 29.6 Å². The highest BCUT2D eigenvalue weighted by Crippen LogP contribution is 2.31. The van der Waals surface area contributed by atoms with Crippen molar-refractivity contribution in [3.63, 3.8) is 0 Å². The van der Waals surface area contributed by atoms with Gasteiger partial charge in [-0.1, -0.05) is 37.3 Å². The molecule has 0 aliphatic rings. The lowest BCUT2D eigenvalue weighted by molar-refractivity contribution is 0.727. The van der Waals surface area contributed by atoms with Crippen LogP contribution in [0.15, 0.2) is 18.2 Å². The number of rotatable bonds is 2. The first-order valence-electron chi connectivity index (χ1n) is 6.15. The lowest BCUT2D eigenvalue weighted by Crippen LogP contribution is -1.98. The van der Waals surface area contributed by atoms with Gasteiger partial charge in [0.05, 0.1) is 0 Å². The second-order valence-corrected chi connectivity index (χ2v) is 5.79. The Hall–Kier alpha value is -1.95. The smallest absolute Gasteiger partial charge is 0.234 e. The Kier molecular flexibility index (Phi) is 2.74. The van der Waals surface area contributed by atoms with Crippen molar-refractivity contribution < 1.29 is 0 Å². The molecule has 0 fully saturated rings. The summed E-state index contributed by atoms with van der Waals surface area (Å²) in [6.45, 7) is 6.18. The van der Waals surface area contributed by atoms with E-state index < -0.39 is 0 Å². The highest BCUT2D eigenvalue weighted by Gasteiger charge is 2.16. The van der Waals surface area contributed by atoms with E-state index in [0.717, 1.165) is 32.6 Å². The standard InChI is InChI=1S/C13H15N5S/c1-7(2)11-15-16-13-18(11)17-12(19-13)9-5-4-6-10(14)8(9)3/h4-7H,14H2,1-3H3. The number of hydrogen-bond donors (Lipinski definition) is 1. The minimum absolute atomic E-state index is 0.298. The van der Waals surface area contributed by atoms with Gasteiger partial charge in [-0.15, -0.1) is 10.2 Å². The molecule has 0 spiro atoms. The molecule has 0 saturated heterocycles. The number of nitrogen functional groups attached to an aromatic ring is 1. The monoisotopic (exact) mass is 273 g/mol. The van der Waals surface area contributed by atoms with E-state index >= 15 is 0 Å². The van der Waals surface area contributed by atoms with Gasteiger partial charge in [0.2, 0.25) is 4.96 Å². The quantitative estimate of drug-likeness (QED) is 0.729. The average Bonchev–Trinajstić information content (AvgIpc) is 2.91. The van der Waals surface area contributed by atoms with E-state index in [1.807, 2.05) is 29.6 Å². The Morgan fingerprint density at radius 2 is 2.05 bits per heavy atom. The van der Waals surface area contributed by atoms with E-state index in [4.69, 9.17) is 5.73 Å². The lowest BCUT2D eigenvalue weighted by Gasteiger charge is -2.04. The van der Waals surface area contributed by atoms with Crippen molar-refractivity contribution in [3.8, 4) is 10.6 Å². The second-order valence-electron chi connectivity index (χ2n) is 4.83. The first kappa shape index (κ1) is 12.1. The minimum atomic E-state index is 0.298. The van der Waals surface area contributed by atoms with Gasteiger partial charge >= 0.3 is 0 Å². The van der Waals surface area contributed by atoms with Crippen LogP contribution in [0.2, 0.25) is 0 Å². The summed E-state index contributed by atoms with van der Waals surface area (Å²) >= 11 is 1.53. The number of hydrogen-bond acceptors (Lipinski definition) is 5. The number of fused-ring (bicyclic) bond motifs is 1. The van der Waals surface area contributed by atoms with Crippen LogP contribution < -0.4 is 5.73 Å². The highest BCUT2D eigenvalue weighted by atomic mass is 32.1. The van der Waals surface area contributed by atoms with Crippen molar-refractivity contribution in [1.29, 1.82) is 0 Å². The van der Waals surface area contributed by atoms with Crippen LogP contribution in [0.5, 0.6) is 0 Å². The summed E-state index contributed by atoms with van der Waals surface area (Å²) in [5, 5.41) is 13.9. The molecule has 3 rings (SSSR count). The largest absolute Gasteiger partial charge is 0.398 e. The minimum Gasteiger partial charge on any atom is -0.398 e. The third-order valence-corrected chi connectivity index (χ3v) is 4.07. The zero-order valence-corrected chi connectivity index (χ0v) is 11.9. The number of anilines is 1. The van der Waals surface area contributed by atoms with E-state index in [1.165, 1.54) is 11.3 Å². The number of aromatic nitrogens is 4. The molecule has 0 radical (unpaired) electrons. The average molecular weight is 273 g/mol. The normalized spacial score (nSPS) is 11.6. The van der Waals surface area contributed by atoms with E-state index in [9.17, 15) is 0 Å². The Morgan fingerprint density at radius 3 is 2.79 bits per heavy atom. The molecule has 2 aromatic heterocycles. The molecule has 0 bridgehead atoms. The molecule has 0 aliphatic carbocycles. The molecule has 0 unspecified atom stereocenters. The molecule has 19 heavy (non-hydrogen) atoms. The van der Waals surface area contributed by atoms with Gasteiger partial charge in [0.25, 0.3) is 0 Å². The maximum absolute atomic E-state index is 5.95. The van der Waals surface area contributed by atoms with Crippen molar-refractivity contribution >= 4 is 22.0 Å². The third-order valence-electron chi connectivity index (χ3n) is 3.14. The zero-order valence-electron chi connectivity index (χ0n) is 11.1. The van der Waals surface area contributed by atoms with E-state index in [1.54, 1.807) is 0 Å². The summed E-state index contributed by atoms with van der Waals surface area (Å²) in [4.78, 5) is 0.820. The molecule has 2 N–H and O–H groups in total. The molecule has 0 amide bonds. The summed E-state index contributed by atoms with van der Waals surface area (Å²) in [6.07, 6.45) is 0. The Balaban J connectivity index is 2.18. The predicted octanol–water partition coefficient (Wildman–Crippen LogP) is 2.87. The molecule has 2 heterocycles. The van der Waals surface area contributed by atoms with Crippen LogP contribution in [0.1, 0.15) is 31.2 Å². The number of nitrogens with two attached hydrogens (primary N) is 1. The number of benzene rings is 1. The predicted molar refractivity (Wildman–Crippen MR) is 77.3 cm³/mol. The molecular weight excluding hydrogens is 258 g/mol. The summed E-state index contributed by atoms with van der Waals surface area (Å²) in [5.74, 6) is 1.19. The summed E-state index contributed by atoms with van der Waals surface area (Å²) in [6, 6.07) is 5.88. The van der Waals surface area contributed by atoms with E-state index in [2.05, 4.69) is 29.1 Å². The van der Waals surface area contributed by atoms with Crippen molar-refractivity contribution in [2.24, 2.45) is 0 Å². The maximum Gasteiger partial charge on any atom is 0.234 e. The second kappa shape index (κ2) is 4.31. The third kappa shape index (κ3) is 1.88. The summed E-state index contributed by atoms with van der Waals surface area (Å²) in [5.41, 5.74) is 8.85. The van der Waals surface area contributed by atoms with Crippen LogP contribution in [-0.4, -0.2) is 19.8 Å². The Bertz CT molecular complexity index is 741. The van der Waals surface area contributed by atoms with Crippen molar-refractivity contribution in [1.82, 2.24) is 19.8 Å². The van der Waals surface area contributed by atoms with Gasteiger partial charge in [0, 0.05) is 17.2 Å². The first-order valence-corrected chi connectivity index (χ1v) is 6.97. The molecule has 6 heteroatoms. The maximum atomic E-state index is 5.95. The zero-order chi connectivity index (χ0) is 13.6. The van der Waals surface area contributed by atoms with Crippen LogP contribution in [0, 0.1) is 6.92 Å². The van der Waals surface area contributed by atoms with Gasteiger partial charge in [-0.3, -0.25) is 0 Å². The topological polar surface area (TPSA) is 69.1 Å². The molecule has 0 atom stereocenters. The van der Waals surface area contributed by atoms with Crippen LogP contribution in [0.25, 0.3) is 15.5 Å². The number of nitrogens with zero attached hydrogens (tertiary/aromatic N) is 4. The molecule has 0 aliphatic heterocycles. The lowest BCUT2D eigenvalue weighted by atomic mass is 10.1. The molecular formula is C13H15N5S. The van der Waals surface area contributed by atoms with Gasteiger partial charge in [-0.25, -0.2) is 0 Å². The van der Waals surface area contributed by atoms with Gasteiger partial charge in [0.15, 0.2) is 5.82 Å². The van der Waals surface area contributed by atoms with Crippen LogP contribution in [0.3, 0.4) is 0 Å². The Morgan fingerprint density at radius 1 is 1.26 bits per heavy atom. The molecule has 5 nitrogen and oxygen atoms in total. The fourth-order valence-corrected chi connectivity index (χ4v) is 2.92. The van der Waals surface area contributed by atoms with Gasteiger partial charge in [-0.05, 0) is 18.6 Å². The van der Waals surface area contributed by atoms with E-state index in [0.29, 0.717) is 5.92 Å². The molecule has 0 saturated carbocycles. The van der Waals surface area contributed by atoms with Gasteiger partial charge in [0.1, 0.15) is 5.01 Å². The van der Waals surface area contributed by atoms with Gasteiger partial charge < -0.3 is 5.73 Å². The molecule has 3 aromatic rings. The fourth-order valence-electron chi connectivity index (χ4n) is 1.99. The molecule has 98 valence electrons. The first-order chi connectivity index (χ1) is 9.08. The van der Waals surface area contributed by atoms with Crippen molar-refractivity contribution in [2.45, 2.75) is 26.7 Å². The van der Waals surface area contributed by atoms with Crippen LogP contribution in [0.4, 0.5) is 5.69 Å². The molecule has 1 aromatic carbocycles. The summed E-state index contributed by atoms with van der Waals surface area (Å²) < 4.78 is 1.83. The van der Waals surface area contributed by atoms with Crippen LogP contribution >= 0.6 is 11.3 Å².